The minimum absolute atomic E-state index is 0.288. The first-order valence-corrected chi connectivity index (χ1v) is 6.55. The van der Waals surface area contributed by atoms with Crippen LogP contribution in [-0.2, 0) is 6.18 Å². The highest BCUT2D eigenvalue weighted by atomic mass is 19.4. The molecule has 1 saturated heterocycles. The molecule has 0 unspecified atom stereocenters. The van der Waals surface area contributed by atoms with E-state index in [0.717, 1.165) is 38.2 Å². The maximum Gasteiger partial charge on any atom is 0.416 e. The molecule has 19 heavy (non-hydrogen) atoms. The zero-order valence-corrected chi connectivity index (χ0v) is 10.7. The van der Waals surface area contributed by atoms with Gasteiger partial charge in [0, 0.05) is 12.7 Å². The molecule has 0 aromatic carbocycles. The van der Waals surface area contributed by atoms with E-state index < -0.39 is 11.7 Å². The summed E-state index contributed by atoms with van der Waals surface area (Å²) in [4.78, 5) is 6.27. The van der Waals surface area contributed by atoms with Crippen molar-refractivity contribution in [2.24, 2.45) is 0 Å². The van der Waals surface area contributed by atoms with E-state index in [1.54, 1.807) is 0 Å². The van der Waals surface area contributed by atoms with Crippen LogP contribution in [0.2, 0.25) is 0 Å². The third-order valence-electron chi connectivity index (χ3n) is 3.24. The van der Waals surface area contributed by atoms with Gasteiger partial charge in [-0.1, -0.05) is 0 Å². The molecule has 2 heterocycles. The lowest BCUT2D eigenvalue weighted by atomic mass is 10.2. The minimum atomic E-state index is -4.31. The summed E-state index contributed by atoms with van der Waals surface area (Å²) in [5.41, 5.74) is -0.662. The van der Waals surface area contributed by atoms with Crippen LogP contribution in [-0.4, -0.2) is 36.1 Å². The maximum absolute atomic E-state index is 12.5. The SMILES string of the molecule is FC(F)(F)c1ccnc(NCCCN2CCCC2)c1. The standard InChI is InChI=1S/C13H18F3N3/c14-13(15,16)11-4-6-18-12(10-11)17-5-3-9-19-7-1-2-8-19/h4,6,10H,1-3,5,7-9H2,(H,17,18). The number of likely N-dealkylation sites (tertiary alicyclic amines) is 1. The van der Waals surface area contributed by atoms with Crippen molar-refractivity contribution in [1.29, 1.82) is 0 Å². The largest absolute Gasteiger partial charge is 0.416 e. The van der Waals surface area contributed by atoms with Gasteiger partial charge in [-0.3, -0.25) is 0 Å². The second kappa shape index (κ2) is 6.23. The number of pyridine rings is 1. The summed E-state index contributed by atoms with van der Waals surface area (Å²) < 4.78 is 37.5. The summed E-state index contributed by atoms with van der Waals surface area (Å²) in [6.07, 6.45) is 0.295. The normalized spacial score (nSPS) is 16.8. The smallest absolute Gasteiger partial charge is 0.370 e. The van der Waals surface area contributed by atoms with Gasteiger partial charge < -0.3 is 10.2 Å². The Morgan fingerprint density at radius 2 is 2.00 bits per heavy atom. The van der Waals surface area contributed by atoms with Crippen LogP contribution in [0.25, 0.3) is 0 Å². The van der Waals surface area contributed by atoms with E-state index in [4.69, 9.17) is 0 Å². The van der Waals surface area contributed by atoms with Crippen molar-refractivity contribution in [2.75, 3.05) is 31.5 Å². The predicted molar refractivity (Wildman–Crippen MR) is 68.0 cm³/mol. The summed E-state index contributed by atoms with van der Waals surface area (Å²) in [5, 5.41) is 2.94. The van der Waals surface area contributed by atoms with Crippen molar-refractivity contribution in [3.63, 3.8) is 0 Å². The zero-order chi connectivity index (χ0) is 13.7. The molecular formula is C13H18F3N3. The fourth-order valence-electron chi connectivity index (χ4n) is 2.23. The summed E-state index contributed by atoms with van der Waals surface area (Å²) in [6.45, 7) is 3.92. The maximum atomic E-state index is 12.5. The van der Waals surface area contributed by atoms with Crippen molar-refractivity contribution in [1.82, 2.24) is 9.88 Å². The van der Waals surface area contributed by atoms with Gasteiger partial charge in [0.15, 0.2) is 0 Å². The first kappa shape index (κ1) is 14.1. The van der Waals surface area contributed by atoms with Crippen LogP contribution in [0.15, 0.2) is 18.3 Å². The van der Waals surface area contributed by atoms with Gasteiger partial charge in [-0.2, -0.15) is 13.2 Å². The lowest BCUT2D eigenvalue weighted by Crippen LogP contribution is -2.22. The Balaban J connectivity index is 1.76. The molecule has 6 heteroatoms. The monoisotopic (exact) mass is 273 g/mol. The molecule has 0 atom stereocenters. The van der Waals surface area contributed by atoms with E-state index in [1.165, 1.54) is 19.0 Å². The quantitative estimate of drug-likeness (QED) is 0.836. The number of aromatic nitrogens is 1. The van der Waals surface area contributed by atoms with Crippen molar-refractivity contribution in [3.8, 4) is 0 Å². The number of halogens is 3. The second-order valence-electron chi connectivity index (χ2n) is 4.76. The van der Waals surface area contributed by atoms with Crippen LogP contribution in [0.1, 0.15) is 24.8 Å². The van der Waals surface area contributed by atoms with Gasteiger partial charge >= 0.3 is 6.18 Å². The number of rotatable bonds is 5. The van der Waals surface area contributed by atoms with Crippen LogP contribution in [0.3, 0.4) is 0 Å². The van der Waals surface area contributed by atoms with Crippen molar-refractivity contribution >= 4 is 5.82 Å². The number of alkyl halides is 3. The Kier molecular flexibility index (Phi) is 4.63. The number of nitrogens with one attached hydrogen (secondary N) is 1. The molecule has 1 aliphatic heterocycles. The van der Waals surface area contributed by atoms with E-state index in [0.29, 0.717) is 6.54 Å². The molecule has 1 fully saturated rings. The molecular weight excluding hydrogens is 255 g/mol. The summed E-state index contributed by atoms with van der Waals surface area (Å²) >= 11 is 0. The molecule has 0 radical (unpaired) electrons. The highest BCUT2D eigenvalue weighted by molar-refractivity contribution is 5.38. The lowest BCUT2D eigenvalue weighted by Gasteiger charge is -2.14. The molecule has 106 valence electrons. The van der Waals surface area contributed by atoms with Crippen molar-refractivity contribution in [3.05, 3.63) is 23.9 Å². The molecule has 0 saturated carbocycles. The van der Waals surface area contributed by atoms with E-state index in [1.807, 2.05) is 0 Å². The van der Waals surface area contributed by atoms with Gasteiger partial charge in [-0.05, 0) is 51.0 Å². The van der Waals surface area contributed by atoms with E-state index in [2.05, 4.69) is 15.2 Å². The minimum Gasteiger partial charge on any atom is -0.370 e. The molecule has 1 N–H and O–H groups in total. The Hall–Kier alpha value is -1.30. The molecule has 0 aliphatic carbocycles. The molecule has 0 amide bonds. The Morgan fingerprint density at radius 1 is 1.26 bits per heavy atom. The Morgan fingerprint density at radius 3 is 2.68 bits per heavy atom. The second-order valence-corrected chi connectivity index (χ2v) is 4.76. The van der Waals surface area contributed by atoms with Crippen LogP contribution in [0.5, 0.6) is 0 Å². The average molecular weight is 273 g/mol. The third kappa shape index (κ3) is 4.38. The summed E-state index contributed by atoms with van der Waals surface area (Å²) in [6, 6.07) is 2.03. The Labute approximate surface area is 110 Å². The average Bonchev–Trinajstić information content (AvgIpc) is 2.87. The van der Waals surface area contributed by atoms with Crippen molar-refractivity contribution < 1.29 is 13.2 Å². The molecule has 1 aliphatic rings. The van der Waals surface area contributed by atoms with Gasteiger partial charge in [0.1, 0.15) is 5.82 Å². The van der Waals surface area contributed by atoms with Gasteiger partial charge in [-0.15, -0.1) is 0 Å². The molecule has 2 rings (SSSR count). The topological polar surface area (TPSA) is 28.2 Å². The first-order valence-electron chi connectivity index (χ1n) is 6.55. The van der Waals surface area contributed by atoms with Gasteiger partial charge in [0.05, 0.1) is 5.56 Å². The zero-order valence-electron chi connectivity index (χ0n) is 10.7. The fraction of sp³-hybridized carbons (Fsp3) is 0.615. The van der Waals surface area contributed by atoms with Crippen LogP contribution in [0.4, 0.5) is 19.0 Å². The lowest BCUT2D eigenvalue weighted by molar-refractivity contribution is -0.137. The van der Waals surface area contributed by atoms with Crippen LogP contribution >= 0.6 is 0 Å². The summed E-state index contributed by atoms with van der Waals surface area (Å²) in [7, 11) is 0. The molecule has 1 aromatic heterocycles. The van der Waals surface area contributed by atoms with E-state index in [-0.39, 0.29) is 5.82 Å². The molecule has 0 spiro atoms. The summed E-state index contributed by atoms with van der Waals surface area (Å²) in [5.74, 6) is 0.288. The first-order chi connectivity index (χ1) is 9.05. The predicted octanol–water partition coefficient (Wildman–Crippen LogP) is 3.00. The van der Waals surface area contributed by atoms with Crippen LogP contribution < -0.4 is 5.32 Å². The van der Waals surface area contributed by atoms with Crippen LogP contribution in [0, 0.1) is 0 Å². The molecule has 1 aromatic rings. The molecule has 3 nitrogen and oxygen atoms in total. The fourth-order valence-corrected chi connectivity index (χ4v) is 2.23. The highest BCUT2D eigenvalue weighted by Crippen LogP contribution is 2.29. The van der Waals surface area contributed by atoms with Gasteiger partial charge in [0.2, 0.25) is 0 Å². The van der Waals surface area contributed by atoms with E-state index >= 15 is 0 Å². The van der Waals surface area contributed by atoms with Crippen molar-refractivity contribution in [2.45, 2.75) is 25.4 Å². The number of hydrogen-bond acceptors (Lipinski definition) is 3. The van der Waals surface area contributed by atoms with Gasteiger partial charge in [-0.25, -0.2) is 4.98 Å². The number of hydrogen-bond donors (Lipinski definition) is 1. The number of anilines is 1. The van der Waals surface area contributed by atoms with E-state index in [9.17, 15) is 13.2 Å². The highest BCUT2D eigenvalue weighted by Gasteiger charge is 2.30. The van der Waals surface area contributed by atoms with Gasteiger partial charge in [0.25, 0.3) is 0 Å². The molecule has 0 bridgehead atoms. The number of nitrogens with zero attached hydrogens (tertiary/aromatic N) is 2. The Bertz CT molecular complexity index is 400. The third-order valence-corrected chi connectivity index (χ3v) is 3.24.